The van der Waals surface area contributed by atoms with Crippen molar-refractivity contribution >= 4 is 6.03 Å². The van der Waals surface area contributed by atoms with Crippen LogP contribution in [0.4, 0.5) is 9.18 Å². The summed E-state index contributed by atoms with van der Waals surface area (Å²) in [6.45, 7) is 4.83. The van der Waals surface area contributed by atoms with Crippen molar-refractivity contribution < 1.29 is 9.18 Å². The number of aromatic nitrogens is 2. The molecule has 2 aliphatic carbocycles. The summed E-state index contributed by atoms with van der Waals surface area (Å²) in [6, 6.07) is 24.8. The highest BCUT2D eigenvalue weighted by Crippen LogP contribution is 2.49. The molecule has 1 aromatic heterocycles. The van der Waals surface area contributed by atoms with Gasteiger partial charge in [0.15, 0.2) is 0 Å². The second-order valence-corrected chi connectivity index (χ2v) is 11.1. The zero-order valence-corrected chi connectivity index (χ0v) is 23.0. The summed E-state index contributed by atoms with van der Waals surface area (Å²) >= 11 is 0. The number of fused-ring (bicyclic) bond motifs is 1. The lowest BCUT2D eigenvalue weighted by molar-refractivity contribution is 0.234. The number of nitrogens with one attached hydrogen (secondary N) is 2. The zero-order valence-electron chi connectivity index (χ0n) is 23.0. The summed E-state index contributed by atoms with van der Waals surface area (Å²) in [5.74, 6) is 0.398. The van der Waals surface area contributed by atoms with Gasteiger partial charge in [0.1, 0.15) is 5.82 Å². The minimum Gasteiger partial charge on any atom is -0.334 e. The first kappa shape index (κ1) is 26.1. The fourth-order valence-electron chi connectivity index (χ4n) is 6.48. The maximum atomic E-state index is 13.5. The second kappa shape index (κ2) is 11.1. The smallest absolute Gasteiger partial charge is 0.315 e. The van der Waals surface area contributed by atoms with Crippen molar-refractivity contribution in [3.05, 3.63) is 130 Å². The number of aryl methyl sites for hydroxylation is 1. The van der Waals surface area contributed by atoms with Crippen LogP contribution in [0, 0.1) is 18.7 Å². The van der Waals surface area contributed by atoms with E-state index in [1.165, 1.54) is 40.1 Å². The lowest BCUT2D eigenvalue weighted by Gasteiger charge is -2.30. The summed E-state index contributed by atoms with van der Waals surface area (Å²) < 4.78 is 15.5. The van der Waals surface area contributed by atoms with Crippen molar-refractivity contribution in [1.82, 2.24) is 20.4 Å². The highest BCUT2D eigenvalue weighted by Gasteiger charge is 2.37. The van der Waals surface area contributed by atoms with Crippen molar-refractivity contribution in [2.45, 2.75) is 58.0 Å². The Morgan fingerprint density at radius 1 is 1.05 bits per heavy atom. The normalized spacial score (nSPS) is 18.7. The Hall–Kier alpha value is -4.19. The fraction of sp³-hybridized carbons (Fsp3) is 0.294. The number of rotatable bonds is 7. The van der Waals surface area contributed by atoms with Crippen LogP contribution in [-0.2, 0) is 13.0 Å². The molecule has 6 heteroatoms. The molecule has 0 saturated heterocycles. The zero-order chi connectivity index (χ0) is 27.6. The molecule has 4 aromatic rings. The molecular weight excluding hydrogens is 499 g/mol. The first-order chi connectivity index (χ1) is 19.5. The quantitative estimate of drug-likeness (QED) is 0.244. The van der Waals surface area contributed by atoms with Gasteiger partial charge in [-0.05, 0) is 67.5 Å². The van der Waals surface area contributed by atoms with Crippen LogP contribution >= 0.6 is 0 Å². The van der Waals surface area contributed by atoms with Crippen molar-refractivity contribution in [3.63, 3.8) is 0 Å². The summed E-state index contributed by atoms with van der Waals surface area (Å²) in [5, 5.41) is 11.0. The Labute approximate surface area is 235 Å². The van der Waals surface area contributed by atoms with E-state index in [0.29, 0.717) is 12.5 Å². The topological polar surface area (TPSA) is 59.0 Å². The van der Waals surface area contributed by atoms with Gasteiger partial charge in [-0.2, -0.15) is 5.10 Å². The first-order valence-corrected chi connectivity index (χ1v) is 14.2. The summed E-state index contributed by atoms with van der Waals surface area (Å²) in [5.41, 5.74) is 9.74. The molecule has 1 unspecified atom stereocenters. The van der Waals surface area contributed by atoms with E-state index in [-0.39, 0.29) is 23.8 Å². The predicted molar refractivity (Wildman–Crippen MR) is 156 cm³/mol. The van der Waals surface area contributed by atoms with Crippen LogP contribution < -0.4 is 10.6 Å². The number of amides is 2. The molecular formula is C34H35FN4O. The van der Waals surface area contributed by atoms with Gasteiger partial charge >= 0.3 is 6.03 Å². The average Bonchev–Trinajstić information content (AvgIpc) is 3.58. The minimum atomic E-state index is -0.243. The number of benzene rings is 3. The molecule has 5 nitrogen and oxygen atoms in total. The van der Waals surface area contributed by atoms with Crippen LogP contribution in [0.1, 0.15) is 66.1 Å². The summed E-state index contributed by atoms with van der Waals surface area (Å²) in [6.07, 6.45) is 5.84. The Balaban J connectivity index is 1.19. The maximum absolute atomic E-state index is 13.5. The molecule has 6 rings (SSSR count). The van der Waals surface area contributed by atoms with Crippen molar-refractivity contribution in [2.24, 2.45) is 5.92 Å². The third-order valence-electron chi connectivity index (χ3n) is 8.53. The van der Waals surface area contributed by atoms with Crippen molar-refractivity contribution in [2.75, 3.05) is 0 Å². The second-order valence-electron chi connectivity index (χ2n) is 11.1. The van der Waals surface area contributed by atoms with Gasteiger partial charge in [0, 0.05) is 24.4 Å². The van der Waals surface area contributed by atoms with Gasteiger partial charge < -0.3 is 10.6 Å². The summed E-state index contributed by atoms with van der Waals surface area (Å²) in [7, 11) is 0. The van der Waals surface area contributed by atoms with Gasteiger partial charge in [0.25, 0.3) is 0 Å². The third-order valence-corrected chi connectivity index (χ3v) is 8.53. The predicted octanol–water partition coefficient (Wildman–Crippen LogP) is 7.32. The van der Waals surface area contributed by atoms with Crippen LogP contribution in [0.5, 0.6) is 0 Å². The molecule has 1 heterocycles. The van der Waals surface area contributed by atoms with Gasteiger partial charge in [-0.25, -0.2) is 13.9 Å². The SMILES string of the molecule is Cc1ccc(CNC(=O)NC(C[C@H]2CCC3=C2[C@@H](C)c2cnn(-c4ccc(F)cc4)c2C3)c2ccccc2)cc1. The molecule has 0 aliphatic heterocycles. The molecule has 204 valence electrons. The number of urea groups is 1. The lowest BCUT2D eigenvalue weighted by Crippen LogP contribution is -2.38. The molecule has 0 fully saturated rings. The van der Waals surface area contributed by atoms with E-state index in [0.717, 1.165) is 42.5 Å². The largest absolute Gasteiger partial charge is 0.334 e. The number of hydrogen-bond donors (Lipinski definition) is 2. The molecule has 0 bridgehead atoms. The number of nitrogens with zero attached hydrogens (tertiary/aromatic N) is 2. The van der Waals surface area contributed by atoms with Crippen LogP contribution in [0.25, 0.3) is 5.69 Å². The van der Waals surface area contributed by atoms with Crippen molar-refractivity contribution in [1.29, 1.82) is 0 Å². The van der Waals surface area contributed by atoms with Crippen molar-refractivity contribution in [3.8, 4) is 5.69 Å². The maximum Gasteiger partial charge on any atom is 0.315 e. The Bertz CT molecular complexity index is 1520. The number of allylic oxidation sites excluding steroid dienone is 2. The van der Waals surface area contributed by atoms with Crippen LogP contribution in [0.2, 0.25) is 0 Å². The van der Waals surface area contributed by atoms with E-state index in [1.54, 1.807) is 12.1 Å². The molecule has 3 atom stereocenters. The number of carbonyl (C=O) groups is 1. The molecule has 0 radical (unpaired) electrons. The Morgan fingerprint density at radius 2 is 1.80 bits per heavy atom. The molecule has 0 saturated carbocycles. The van der Waals surface area contributed by atoms with E-state index in [9.17, 15) is 9.18 Å². The molecule has 40 heavy (non-hydrogen) atoms. The monoisotopic (exact) mass is 534 g/mol. The van der Waals surface area contributed by atoms with Gasteiger partial charge in [0.2, 0.25) is 0 Å². The number of hydrogen-bond acceptors (Lipinski definition) is 2. The molecule has 2 amide bonds. The van der Waals surface area contributed by atoms with E-state index in [4.69, 9.17) is 5.10 Å². The van der Waals surface area contributed by atoms with Crippen LogP contribution in [0.3, 0.4) is 0 Å². The Kier molecular flexibility index (Phi) is 7.25. The number of carbonyl (C=O) groups excluding carboxylic acids is 1. The standard InChI is InChI=1S/C34H35FN4O/c1-22-8-10-24(11-9-22)20-36-34(40)38-31(25-6-4-3-5-7-25)18-26-12-13-27-19-32-30(23(2)33(26)27)21-37-39(32)29-16-14-28(35)15-17-29/h3-11,14-17,21,23,26,31H,12-13,18-20H2,1-2H3,(H2,36,38,40)/t23-,26+,31?/m0/s1. The van der Waals surface area contributed by atoms with Gasteiger partial charge in [-0.15, -0.1) is 0 Å². The Morgan fingerprint density at radius 3 is 2.55 bits per heavy atom. The van der Waals surface area contributed by atoms with E-state index in [1.807, 2.05) is 41.2 Å². The van der Waals surface area contributed by atoms with E-state index >= 15 is 0 Å². The minimum absolute atomic E-state index is 0.0911. The molecule has 2 aliphatic rings. The van der Waals surface area contributed by atoms with Gasteiger partial charge in [-0.3, -0.25) is 0 Å². The highest BCUT2D eigenvalue weighted by molar-refractivity contribution is 5.74. The summed E-state index contributed by atoms with van der Waals surface area (Å²) in [4.78, 5) is 13.0. The van der Waals surface area contributed by atoms with Crippen LogP contribution in [-0.4, -0.2) is 15.8 Å². The molecule has 0 spiro atoms. The fourth-order valence-corrected chi connectivity index (χ4v) is 6.48. The van der Waals surface area contributed by atoms with Crippen LogP contribution in [0.15, 0.2) is 96.2 Å². The molecule has 2 N–H and O–H groups in total. The average molecular weight is 535 g/mol. The lowest BCUT2D eigenvalue weighted by atomic mass is 9.78. The van der Waals surface area contributed by atoms with Gasteiger partial charge in [0.05, 0.1) is 23.6 Å². The third kappa shape index (κ3) is 5.31. The first-order valence-electron chi connectivity index (χ1n) is 14.2. The highest BCUT2D eigenvalue weighted by atomic mass is 19.1. The van der Waals surface area contributed by atoms with Gasteiger partial charge in [-0.1, -0.05) is 78.2 Å². The molecule has 3 aromatic carbocycles. The van der Waals surface area contributed by atoms with E-state index in [2.05, 4.69) is 48.7 Å². The van der Waals surface area contributed by atoms with E-state index < -0.39 is 0 Å². The number of halogens is 1.